The molecule has 0 aliphatic heterocycles. The number of benzene rings is 1. The lowest BCUT2D eigenvalue weighted by Gasteiger charge is -2.06. The van der Waals surface area contributed by atoms with E-state index in [1.54, 1.807) is 37.3 Å². The van der Waals surface area contributed by atoms with Crippen LogP contribution in [0.4, 0.5) is 5.69 Å². The number of aliphatic hydroxyl groups excluding tert-OH is 1. The Kier molecular flexibility index (Phi) is 5.04. The first-order chi connectivity index (χ1) is 10.1. The average Bonchev–Trinajstić information content (AvgIpc) is 2.89. The Morgan fingerprint density at radius 3 is 2.86 bits per heavy atom. The molecule has 0 unspecified atom stereocenters. The molecule has 0 spiro atoms. The highest BCUT2D eigenvalue weighted by Gasteiger charge is 2.12. The van der Waals surface area contributed by atoms with Crippen LogP contribution in [0.1, 0.15) is 28.3 Å². The molecular formula is C16H14ClNO3. The molecule has 4 nitrogen and oxygen atoms in total. The molecule has 0 aliphatic carbocycles. The number of amides is 1. The topological polar surface area (TPSA) is 62.5 Å². The highest BCUT2D eigenvalue weighted by molar-refractivity contribution is 6.33. The molecule has 0 fully saturated rings. The first kappa shape index (κ1) is 15.2. The van der Waals surface area contributed by atoms with Crippen molar-refractivity contribution >= 4 is 23.2 Å². The summed E-state index contributed by atoms with van der Waals surface area (Å²) in [4.78, 5) is 12.0. The zero-order chi connectivity index (χ0) is 15.2. The second-order valence-corrected chi connectivity index (χ2v) is 4.74. The van der Waals surface area contributed by atoms with Gasteiger partial charge in [0.1, 0.15) is 5.76 Å². The van der Waals surface area contributed by atoms with Crippen molar-refractivity contribution in [3.8, 4) is 11.8 Å². The molecule has 108 valence electrons. The molecule has 0 saturated carbocycles. The van der Waals surface area contributed by atoms with Gasteiger partial charge in [-0.3, -0.25) is 4.79 Å². The third kappa shape index (κ3) is 4.12. The standard InChI is InChI=1S/C16H14ClNO3/c1-11-5-8-15(21-11)16(20)18-14-10-12(4-2-3-9-19)6-7-13(14)17/h5-8,10,19H,3,9H2,1H3,(H,18,20). The molecule has 1 amide bonds. The van der Waals surface area contributed by atoms with Gasteiger partial charge >= 0.3 is 0 Å². The van der Waals surface area contributed by atoms with E-state index in [4.69, 9.17) is 21.1 Å². The summed E-state index contributed by atoms with van der Waals surface area (Å²) in [5.41, 5.74) is 1.17. The van der Waals surface area contributed by atoms with Crippen LogP contribution >= 0.6 is 11.6 Å². The van der Waals surface area contributed by atoms with E-state index in [1.807, 2.05) is 0 Å². The second-order valence-electron chi connectivity index (χ2n) is 4.33. The van der Waals surface area contributed by atoms with Gasteiger partial charge in [0.25, 0.3) is 5.91 Å². The Morgan fingerprint density at radius 2 is 2.19 bits per heavy atom. The summed E-state index contributed by atoms with van der Waals surface area (Å²) < 4.78 is 5.26. The van der Waals surface area contributed by atoms with Gasteiger partial charge in [-0.25, -0.2) is 0 Å². The molecule has 1 aromatic heterocycles. The number of anilines is 1. The molecule has 0 radical (unpaired) electrons. The Labute approximate surface area is 127 Å². The Morgan fingerprint density at radius 1 is 1.38 bits per heavy atom. The smallest absolute Gasteiger partial charge is 0.291 e. The lowest BCUT2D eigenvalue weighted by atomic mass is 10.2. The number of aliphatic hydroxyl groups is 1. The molecule has 5 heteroatoms. The van der Waals surface area contributed by atoms with Gasteiger partial charge in [0.15, 0.2) is 5.76 Å². The summed E-state index contributed by atoms with van der Waals surface area (Å²) in [6.07, 6.45) is 0.399. The van der Waals surface area contributed by atoms with Crippen LogP contribution in [-0.2, 0) is 0 Å². The number of furan rings is 1. The normalized spacial score (nSPS) is 9.86. The first-order valence-electron chi connectivity index (χ1n) is 6.37. The zero-order valence-corrected chi connectivity index (χ0v) is 12.2. The van der Waals surface area contributed by atoms with Crippen LogP contribution in [0.5, 0.6) is 0 Å². The van der Waals surface area contributed by atoms with E-state index in [0.29, 0.717) is 28.5 Å². The highest BCUT2D eigenvalue weighted by Crippen LogP contribution is 2.23. The van der Waals surface area contributed by atoms with Crippen LogP contribution in [0.25, 0.3) is 0 Å². The average molecular weight is 304 g/mol. The summed E-state index contributed by atoms with van der Waals surface area (Å²) in [5, 5.41) is 11.8. The van der Waals surface area contributed by atoms with Gasteiger partial charge in [0.2, 0.25) is 0 Å². The molecule has 2 aromatic rings. The van der Waals surface area contributed by atoms with Crippen molar-refractivity contribution in [2.75, 3.05) is 11.9 Å². The lowest BCUT2D eigenvalue weighted by molar-refractivity contribution is 0.0995. The molecule has 0 saturated heterocycles. The molecular weight excluding hydrogens is 290 g/mol. The summed E-state index contributed by atoms with van der Waals surface area (Å²) in [7, 11) is 0. The largest absolute Gasteiger partial charge is 0.456 e. The predicted molar refractivity (Wildman–Crippen MR) is 81.4 cm³/mol. The maximum Gasteiger partial charge on any atom is 0.291 e. The predicted octanol–water partition coefficient (Wildman–Crippen LogP) is 3.23. The maximum absolute atomic E-state index is 12.0. The van der Waals surface area contributed by atoms with Crippen molar-refractivity contribution in [2.45, 2.75) is 13.3 Å². The van der Waals surface area contributed by atoms with Gasteiger partial charge in [-0.15, -0.1) is 0 Å². The van der Waals surface area contributed by atoms with Crippen molar-refractivity contribution in [1.82, 2.24) is 0 Å². The summed E-state index contributed by atoms with van der Waals surface area (Å²) in [6.45, 7) is 1.78. The van der Waals surface area contributed by atoms with Gasteiger partial charge in [0, 0.05) is 12.0 Å². The van der Waals surface area contributed by atoms with E-state index in [2.05, 4.69) is 17.2 Å². The number of nitrogens with one attached hydrogen (secondary N) is 1. The van der Waals surface area contributed by atoms with Crippen LogP contribution in [-0.4, -0.2) is 17.6 Å². The minimum absolute atomic E-state index is 0.0159. The quantitative estimate of drug-likeness (QED) is 0.856. The highest BCUT2D eigenvalue weighted by atomic mass is 35.5. The van der Waals surface area contributed by atoms with Crippen LogP contribution in [0.2, 0.25) is 5.02 Å². The van der Waals surface area contributed by atoms with Crippen molar-refractivity contribution in [3.63, 3.8) is 0 Å². The fourth-order valence-corrected chi connectivity index (χ4v) is 1.82. The number of hydrogen-bond donors (Lipinski definition) is 2. The molecule has 2 rings (SSSR count). The van der Waals surface area contributed by atoms with Crippen molar-refractivity contribution < 1.29 is 14.3 Å². The van der Waals surface area contributed by atoms with Gasteiger partial charge in [-0.2, -0.15) is 0 Å². The molecule has 0 atom stereocenters. The number of aryl methyl sites for hydroxylation is 1. The Balaban J connectivity index is 2.17. The lowest BCUT2D eigenvalue weighted by Crippen LogP contribution is -2.11. The minimum Gasteiger partial charge on any atom is -0.456 e. The second kappa shape index (κ2) is 6.98. The van der Waals surface area contributed by atoms with Gasteiger partial charge < -0.3 is 14.8 Å². The number of carbonyl (C=O) groups is 1. The molecule has 0 bridgehead atoms. The van der Waals surface area contributed by atoms with Gasteiger partial charge in [-0.05, 0) is 37.3 Å². The Hall–Kier alpha value is -2.22. The van der Waals surface area contributed by atoms with Crippen LogP contribution in [0.3, 0.4) is 0 Å². The SMILES string of the molecule is Cc1ccc(C(=O)Nc2cc(C#CCCO)ccc2Cl)o1. The van der Waals surface area contributed by atoms with Crippen LogP contribution in [0.15, 0.2) is 34.7 Å². The molecule has 21 heavy (non-hydrogen) atoms. The monoisotopic (exact) mass is 303 g/mol. The zero-order valence-electron chi connectivity index (χ0n) is 11.4. The third-order valence-corrected chi connectivity index (χ3v) is 2.98. The van der Waals surface area contributed by atoms with Crippen molar-refractivity contribution in [3.05, 3.63) is 52.4 Å². The minimum atomic E-state index is -0.370. The fourth-order valence-electron chi connectivity index (χ4n) is 1.66. The number of halogens is 1. The number of rotatable bonds is 3. The third-order valence-electron chi connectivity index (χ3n) is 2.65. The van der Waals surface area contributed by atoms with E-state index in [1.165, 1.54) is 0 Å². The maximum atomic E-state index is 12.0. The van der Waals surface area contributed by atoms with Crippen molar-refractivity contribution in [2.24, 2.45) is 0 Å². The van der Waals surface area contributed by atoms with Gasteiger partial charge in [0.05, 0.1) is 17.3 Å². The first-order valence-corrected chi connectivity index (χ1v) is 6.75. The van der Waals surface area contributed by atoms with E-state index in [9.17, 15) is 4.79 Å². The summed E-state index contributed by atoms with van der Waals surface area (Å²) >= 11 is 6.06. The molecule has 1 aromatic carbocycles. The molecule has 2 N–H and O–H groups in total. The number of hydrogen-bond acceptors (Lipinski definition) is 3. The van der Waals surface area contributed by atoms with E-state index in [0.717, 1.165) is 0 Å². The number of carbonyl (C=O) groups excluding carboxylic acids is 1. The summed E-state index contributed by atoms with van der Waals surface area (Å²) in [6, 6.07) is 8.41. The van der Waals surface area contributed by atoms with E-state index in [-0.39, 0.29) is 18.3 Å². The fraction of sp³-hybridized carbons (Fsp3) is 0.188. The van der Waals surface area contributed by atoms with Crippen molar-refractivity contribution in [1.29, 1.82) is 0 Å². The molecule has 1 heterocycles. The van der Waals surface area contributed by atoms with Crippen LogP contribution < -0.4 is 5.32 Å². The van der Waals surface area contributed by atoms with Crippen LogP contribution in [0, 0.1) is 18.8 Å². The summed E-state index contributed by atoms with van der Waals surface area (Å²) in [5.74, 6) is 6.21. The Bertz CT molecular complexity index is 710. The van der Waals surface area contributed by atoms with E-state index < -0.39 is 0 Å². The van der Waals surface area contributed by atoms with E-state index >= 15 is 0 Å². The van der Waals surface area contributed by atoms with Gasteiger partial charge in [-0.1, -0.05) is 23.4 Å². The molecule has 0 aliphatic rings.